The van der Waals surface area contributed by atoms with Gasteiger partial charge in [0.25, 0.3) is 0 Å². The van der Waals surface area contributed by atoms with Gasteiger partial charge in [0, 0.05) is 24.5 Å². The van der Waals surface area contributed by atoms with Crippen molar-refractivity contribution in [3.05, 3.63) is 34.9 Å². The van der Waals surface area contributed by atoms with Crippen LogP contribution in [0.3, 0.4) is 0 Å². The van der Waals surface area contributed by atoms with Crippen LogP contribution in [-0.2, 0) is 11.2 Å². The Morgan fingerprint density at radius 3 is 2.53 bits per heavy atom. The average Bonchev–Trinajstić information content (AvgIpc) is 2.37. The zero-order valence-corrected chi connectivity index (χ0v) is 11.4. The molecule has 0 aliphatic rings. The maximum Gasteiger partial charge on any atom is 0.314 e. The summed E-state index contributed by atoms with van der Waals surface area (Å²) < 4.78 is 0. The zero-order chi connectivity index (χ0) is 14.1. The van der Waals surface area contributed by atoms with Gasteiger partial charge in [0.2, 0.25) is 5.91 Å². The van der Waals surface area contributed by atoms with Crippen molar-refractivity contribution >= 4 is 23.5 Å². The number of nitrogens with one attached hydrogen (secondary N) is 2. The van der Waals surface area contributed by atoms with Gasteiger partial charge in [-0.1, -0.05) is 29.8 Å². The van der Waals surface area contributed by atoms with Crippen LogP contribution in [0.1, 0.15) is 18.4 Å². The molecule has 1 aromatic rings. The molecular formula is C13H18ClN3O2. The SMILES string of the molecule is NC(=O)CCCNC(=O)NCCc1ccccc1Cl. The Labute approximate surface area is 117 Å². The topological polar surface area (TPSA) is 84.2 Å². The summed E-state index contributed by atoms with van der Waals surface area (Å²) in [5.74, 6) is -0.360. The van der Waals surface area contributed by atoms with Gasteiger partial charge in [-0.15, -0.1) is 0 Å². The minimum atomic E-state index is -0.360. The molecule has 0 saturated heterocycles. The molecule has 5 nitrogen and oxygen atoms in total. The highest BCUT2D eigenvalue weighted by atomic mass is 35.5. The third kappa shape index (κ3) is 6.67. The van der Waals surface area contributed by atoms with Crippen molar-refractivity contribution in [2.24, 2.45) is 5.73 Å². The molecular weight excluding hydrogens is 266 g/mol. The van der Waals surface area contributed by atoms with Gasteiger partial charge in [0.15, 0.2) is 0 Å². The molecule has 0 atom stereocenters. The van der Waals surface area contributed by atoms with E-state index >= 15 is 0 Å². The molecule has 0 unspecified atom stereocenters. The standard InChI is InChI=1S/C13H18ClN3O2/c14-11-5-2-1-4-10(11)7-9-17-13(19)16-8-3-6-12(15)18/h1-2,4-5H,3,6-9H2,(H2,15,18)(H2,16,17,19). The van der Waals surface area contributed by atoms with E-state index in [0.29, 0.717) is 31.0 Å². The minimum absolute atomic E-state index is 0.253. The average molecular weight is 284 g/mol. The number of hydrogen-bond acceptors (Lipinski definition) is 2. The highest BCUT2D eigenvalue weighted by Crippen LogP contribution is 2.14. The van der Waals surface area contributed by atoms with Crippen LogP contribution in [-0.4, -0.2) is 25.0 Å². The number of carbonyl (C=O) groups is 2. The monoisotopic (exact) mass is 283 g/mol. The smallest absolute Gasteiger partial charge is 0.314 e. The molecule has 4 N–H and O–H groups in total. The van der Waals surface area contributed by atoms with Crippen LogP contribution in [0.5, 0.6) is 0 Å². The highest BCUT2D eigenvalue weighted by molar-refractivity contribution is 6.31. The van der Waals surface area contributed by atoms with Crippen molar-refractivity contribution in [3.63, 3.8) is 0 Å². The normalized spacial score (nSPS) is 9.95. The first-order chi connectivity index (χ1) is 9.09. The fraction of sp³-hybridized carbons (Fsp3) is 0.385. The molecule has 0 bridgehead atoms. The molecule has 3 amide bonds. The molecule has 0 aromatic heterocycles. The molecule has 0 spiro atoms. The van der Waals surface area contributed by atoms with Crippen molar-refractivity contribution in [1.29, 1.82) is 0 Å². The summed E-state index contributed by atoms with van der Waals surface area (Å²) in [4.78, 5) is 21.9. The number of rotatable bonds is 7. The van der Waals surface area contributed by atoms with E-state index < -0.39 is 0 Å². The van der Waals surface area contributed by atoms with E-state index in [2.05, 4.69) is 10.6 Å². The largest absolute Gasteiger partial charge is 0.370 e. The van der Waals surface area contributed by atoms with Gasteiger partial charge >= 0.3 is 6.03 Å². The number of benzene rings is 1. The molecule has 0 aliphatic heterocycles. The Morgan fingerprint density at radius 1 is 1.16 bits per heavy atom. The van der Waals surface area contributed by atoms with Crippen LogP contribution < -0.4 is 16.4 Å². The number of amides is 3. The van der Waals surface area contributed by atoms with Gasteiger partial charge in [-0.25, -0.2) is 4.79 Å². The molecule has 0 aliphatic carbocycles. The van der Waals surface area contributed by atoms with Crippen molar-refractivity contribution in [1.82, 2.24) is 10.6 Å². The van der Waals surface area contributed by atoms with E-state index in [9.17, 15) is 9.59 Å². The van der Waals surface area contributed by atoms with E-state index in [0.717, 1.165) is 5.56 Å². The molecule has 0 fully saturated rings. The molecule has 0 heterocycles. The predicted octanol–water partition coefficient (Wildman–Crippen LogP) is 1.45. The van der Waals surface area contributed by atoms with Crippen molar-refractivity contribution in [3.8, 4) is 0 Å². The van der Waals surface area contributed by atoms with Gasteiger partial charge in [0.1, 0.15) is 0 Å². The van der Waals surface area contributed by atoms with Crippen LogP contribution in [0.15, 0.2) is 24.3 Å². The Bertz CT molecular complexity index is 438. The minimum Gasteiger partial charge on any atom is -0.370 e. The first kappa shape index (κ1) is 15.3. The lowest BCUT2D eigenvalue weighted by Crippen LogP contribution is -2.37. The molecule has 6 heteroatoms. The van der Waals surface area contributed by atoms with Crippen LogP contribution in [0.4, 0.5) is 4.79 Å². The van der Waals surface area contributed by atoms with Gasteiger partial charge < -0.3 is 16.4 Å². The fourth-order valence-electron chi connectivity index (χ4n) is 1.54. The Balaban J connectivity index is 2.14. The van der Waals surface area contributed by atoms with Gasteiger partial charge in [-0.2, -0.15) is 0 Å². The summed E-state index contributed by atoms with van der Waals surface area (Å²) >= 11 is 6.00. The number of hydrogen-bond donors (Lipinski definition) is 3. The van der Waals surface area contributed by atoms with Crippen LogP contribution >= 0.6 is 11.6 Å². The Hall–Kier alpha value is -1.75. The number of nitrogens with two attached hydrogens (primary N) is 1. The fourth-order valence-corrected chi connectivity index (χ4v) is 1.77. The van der Waals surface area contributed by atoms with Gasteiger partial charge in [-0.05, 0) is 24.5 Å². The molecule has 104 valence electrons. The van der Waals surface area contributed by atoms with Crippen LogP contribution in [0, 0.1) is 0 Å². The summed E-state index contributed by atoms with van der Waals surface area (Å²) in [6.45, 7) is 0.937. The lowest BCUT2D eigenvalue weighted by atomic mass is 10.1. The summed E-state index contributed by atoms with van der Waals surface area (Å²) in [7, 11) is 0. The highest BCUT2D eigenvalue weighted by Gasteiger charge is 2.02. The number of carbonyl (C=O) groups excluding carboxylic acids is 2. The number of primary amides is 1. The molecule has 0 radical (unpaired) electrons. The van der Waals surface area contributed by atoms with Gasteiger partial charge in [-0.3, -0.25) is 4.79 Å². The Kier molecular flexibility index (Phi) is 6.74. The third-order valence-corrected chi connectivity index (χ3v) is 2.89. The lowest BCUT2D eigenvalue weighted by Gasteiger charge is -2.08. The second kappa shape index (κ2) is 8.37. The molecule has 1 rings (SSSR count). The maximum absolute atomic E-state index is 11.4. The summed E-state index contributed by atoms with van der Waals surface area (Å²) in [5, 5.41) is 6.07. The number of urea groups is 1. The van der Waals surface area contributed by atoms with E-state index in [1.807, 2.05) is 24.3 Å². The van der Waals surface area contributed by atoms with Crippen molar-refractivity contribution < 1.29 is 9.59 Å². The van der Waals surface area contributed by atoms with Crippen LogP contribution in [0.2, 0.25) is 5.02 Å². The van der Waals surface area contributed by atoms with Gasteiger partial charge in [0.05, 0.1) is 0 Å². The molecule has 19 heavy (non-hydrogen) atoms. The van der Waals surface area contributed by atoms with Crippen molar-refractivity contribution in [2.75, 3.05) is 13.1 Å². The molecule has 0 saturated carbocycles. The molecule has 1 aromatic carbocycles. The summed E-state index contributed by atoms with van der Waals surface area (Å²) in [5.41, 5.74) is 5.99. The van der Waals surface area contributed by atoms with E-state index in [1.165, 1.54) is 0 Å². The number of halogens is 1. The first-order valence-electron chi connectivity index (χ1n) is 6.13. The van der Waals surface area contributed by atoms with E-state index in [4.69, 9.17) is 17.3 Å². The second-order valence-corrected chi connectivity index (χ2v) is 4.50. The van der Waals surface area contributed by atoms with E-state index in [1.54, 1.807) is 0 Å². The zero-order valence-electron chi connectivity index (χ0n) is 10.6. The summed E-state index contributed by atoms with van der Waals surface area (Å²) in [6.07, 6.45) is 1.50. The predicted molar refractivity (Wildman–Crippen MR) is 75.0 cm³/mol. The maximum atomic E-state index is 11.4. The van der Waals surface area contributed by atoms with E-state index in [-0.39, 0.29) is 18.4 Å². The Morgan fingerprint density at radius 2 is 1.84 bits per heavy atom. The van der Waals surface area contributed by atoms with Crippen LogP contribution in [0.25, 0.3) is 0 Å². The first-order valence-corrected chi connectivity index (χ1v) is 6.51. The summed E-state index contributed by atoms with van der Waals surface area (Å²) in [6, 6.07) is 7.27. The van der Waals surface area contributed by atoms with Crippen molar-refractivity contribution in [2.45, 2.75) is 19.3 Å². The lowest BCUT2D eigenvalue weighted by molar-refractivity contribution is -0.118. The quantitative estimate of drug-likeness (QED) is 0.662. The second-order valence-electron chi connectivity index (χ2n) is 4.09. The third-order valence-electron chi connectivity index (χ3n) is 2.52.